The maximum Gasteiger partial charge on any atom is 0.133 e. The fourth-order valence-corrected chi connectivity index (χ4v) is 2.43. The topological polar surface area (TPSA) is 25.2 Å². The van der Waals surface area contributed by atoms with Crippen molar-refractivity contribution in [2.24, 2.45) is 0 Å². The molecule has 0 saturated carbocycles. The molecule has 0 amide bonds. The fraction of sp³-hybridized carbons (Fsp3) is 0.467. The highest BCUT2D eigenvalue weighted by Gasteiger charge is 2.17. The number of hydrogen-bond acceptors (Lipinski definition) is 2. The van der Waals surface area contributed by atoms with Gasteiger partial charge < -0.3 is 9.73 Å². The number of hydrogen-bond donors (Lipinski definition) is 1. The van der Waals surface area contributed by atoms with Gasteiger partial charge in [0.1, 0.15) is 5.58 Å². The molecule has 2 aromatic rings. The Balaban J connectivity index is 2.33. The van der Waals surface area contributed by atoms with E-state index in [4.69, 9.17) is 4.42 Å². The van der Waals surface area contributed by atoms with Gasteiger partial charge in [0.15, 0.2) is 0 Å². The Morgan fingerprint density at radius 2 is 2.12 bits per heavy atom. The molecule has 1 N–H and O–H groups in total. The monoisotopic (exact) mass is 231 g/mol. The average molecular weight is 231 g/mol. The Kier molecular flexibility index (Phi) is 3.85. The molecule has 1 heterocycles. The molecule has 0 radical (unpaired) electrons. The molecule has 17 heavy (non-hydrogen) atoms. The Bertz CT molecular complexity index is 474. The summed E-state index contributed by atoms with van der Waals surface area (Å²) in [6.45, 7) is 4.49. The summed E-state index contributed by atoms with van der Waals surface area (Å²) in [4.78, 5) is 0. The van der Waals surface area contributed by atoms with Crippen molar-refractivity contribution in [1.82, 2.24) is 5.32 Å². The predicted molar refractivity (Wildman–Crippen MR) is 72.4 cm³/mol. The number of nitrogens with one attached hydrogen (secondary N) is 1. The molecule has 2 heteroatoms. The summed E-state index contributed by atoms with van der Waals surface area (Å²) < 4.78 is 5.38. The molecular weight excluding hydrogens is 210 g/mol. The van der Waals surface area contributed by atoms with E-state index in [1.165, 1.54) is 23.8 Å². The van der Waals surface area contributed by atoms with Crippen LogP contribution >= 0.6 is 0 Å². The Morgan fingerprint density at radius 3 is 2.82 bits per heavy atom. The van der Waals surface area contributed by atoms with E-state index in [0.29, 0.717) is 12.0 Å². The van der Waals surface area contributed by atoms with Crippen LogP contribution in [0.4, 0.5) is 0 Å². The lowest BCUT2D eigenvalue weighted by Crippen LogP contribution is -2.28. The summed E-state index contributed by atoms with van der Waals surface area (Å²) >= 11 is 0. The van der Waals surface area contributed by atoms with Crippen LogP contribution in [0.3, 0.4) is 0 Å². The number of fused-ring (bicyclic) bond motifs is 1. The van der Waals surface area contributed by atoms with Gasteiger partial charge in [0, 0.05) is 11.4 Å². The van der Waals surface area contributed by atoms with Crippen LogP contribution in [0.1, 0.15) is 38.2 Å². The predicted octanol–water partition coefficient (Wildman–Crippen LogP) is 3.92. The third kappa shape index (κ3) is 2.52. The molecule has 2 rings (SSSR count). The molecule has 0 aliphatic rings. The number of likely N-dealkylation sites (N-methyl/N-ethyl adjacent to an activating group) is 1. The second-order valence-electron chi connectivity index (χ2n) is 4.69. The lowest BCUT2D eigenvalue weighted by molar-refractivity contribution is 0.464. The lowest BCUT2D eigenvalue weighted by Gasteiger charge is -2.23. The molecule has 0 spiro atoms. The van der Waals surface area contributed by atoms with Gasteiger partial charge in [-0.05, 0) is 50.1 Å². The minimum atomic E-state index is 0.499. The van der Waals surface area contributed by atoms with E-state index in [0.717, 1.165) is 5.58 Å². The van der Waals surface area contributed by atoms with Crippen LogP contribution in [0.15, 0.2) is 34.9 Å². The van der Waals surface area contributed by atoms with Crippen molar-refractivity contribution in [3.63, 3.8) is 0 Å². The van der Waals surface area contributed by atoms with Gasteiger partial charge in [-0.25, -0.2) is 0 Å². The van der Waals surface area contributed by atoms with Crippen molar-refractivity contribution in [3.05, 3.63) is 36.1 Å². The largest absolute Gasteiger partial charge is 0.464 e. The number of furan rings is 1. The van der Waals surface area contributed by atoms with E-state index in [9.17, 15) is 0 Å². The maximum atomic E-state index is 5.38. The van der Waals surface area contributed by atoms with Crippen molar-refractivity contribution in [1.29, 1.82) is 0 Å². The second-order valence-corrected chi connectivity index (χ2v) is 4.69. The van der Waals surface area contributed by atoms with E-state index < -0.39 is 0 Å². The van der Waals surface area contributed by atoms with Crippen LogP contribution in [-0.2, 0) is 0 Å². The van der Waals surface area contributed by atoms with Gasteiger partial charge in [0.05, 0.1) is 6.26 Å². The molecule has 1 aromatic heterocycles. The summed E-state index contributed by atoms with van der Waals surface area (Å²) in [6, 6.07) is 9.06. The minimum absolute atomic E-state index is 0.499. The Morgan fingerprint density at radius 1 is 1.29 bits per heavy atom. The number of rotatable bonds is 5. The first kappa shape index (κ1) is 12.2. The van der Waals surface area contributed by atoms with Crippen LogP contribution in [-0.4, -0.2) is 13.1 Å². The highest BCUT2D eigenvalue weighted by Crippen LogP contribution is 2.28. The zero-order valence-electron chi connectivity index (χ0n) is 10.9. The van der Waals surface area contributed by atoms with E-state index in [2.05, 4.69) is 37.4 Å². The van der Waals surface area contributed by atoms with Crippen LogP contribution in [0.5, 0.6) is 0 Å². The summed E-state index contributed by atoms with van der Waals surface area (Å²) in [6.07, 6.45) is 4.18. The highest BCUT2D eigenvalue weighted by molar-refractivity contribution is 5.77. The van der Waals surface area contributed by atoms with Crippen molar-refractivity contribution >= 4 is 11.0 Å². The molecule has 0 aliphatic heterocycles. The molecule has 92 valence electrons. The van der Waals surface area contributed by atoms with Crippen molar-refractivity contribution < 1.29 is 4.42 Å². The van der Waals surface area contributed by atoms with Gasteiger partial charge in [-0.2, -0.15) is 0 Å². The van der Waals surface area contributed by atoms with Crippen molar-refractivity contribution in [3.8, 4) is 0 Å². The van der Waals surface area contributed by atoms with Gasteiger partial charge in [0.2, 0.25) is 0 Å². The molecule has 0 fully saturated rings. The molecular formula is C15H21NO. The summed E-state index contributed by atoms with van der Waals surface area (Å²) in [5, 5.41) is 4.57. The van der Waals surface area contributed by atoms with Crippen LogP contribution in [0.25, 0.3) is 11.0 Å². The van der Waals surface area contributed by atoms with E-state index in [-0.39, 0.29) is 0 Å². The molecule has 0 bridgehead atoms. The standard InChI is InChI=1S/C15H21NO/c1-4-5-14(11(2)16-3)12-6-7-15-13(10-12)8-9-17-15/h6-11,14,16H,4-5H2,1-3H3. The van der Waals surface area contributed by atoms with Gasteiger partial charge in [-0.15, -0.1) is 0 Å². The van der Waals surface area contributed by atoms with Crippen molar-refractivity contribution in [2.45, 2.75) is 38.6 Å². The lowest BCUT2D eigenvalue weighted by atomic mass is 9.88. The summed E-state index contributed by atoms with van der Waals surface area (Å²) in [7, 11) is 2.03. The highest BCUT2D eigenvalue weighted by atomic mass is 16.3. The van der Waals surface area contributed by atoms with E-state index in [1.807, 2.05) is 13.1 Å². The van der Waals surface area contributed by atoms with E-state index >= 15 is 0 Å². The molecule has 0 aliphatic carbocycles. The van der Waals surface area contributed by atoms with Crippen LogP contribution in [0, 0.1) is 0 Å². The first-order valence-corrected chi connectivity index (χ1v) is 6.40. The van der Waals surface area contributed by atoms with Crippen LogP contribution < -0.4 is 5.32 Å². The molecule has 2 atom stereocenters. The molecule has 2 nitrogen and oxygen atoms in total. The third-order valence-electron chi connectivity index (χ3n) is 3.56. The van der Waals surface area contributed by atoms with Gasteiger partial charge in [0.25, 0.3) is 0 Å². The zero-order chi connectivity index (χ0) is 12.3. The van der Waals surface area contributed by atoms with Gasteiger partial charge in [-0.1, -0.05) is 19.4 Å². The molecule has 2 unspecified atom stereocenters. The average Bonchev–Trinajstić information content (AvgIpc) is 2.82. The quantitative estimate of drug-likeness (QED) is 0.843. The Labute approximate surface area is 103 Å². The first-order valence-electron chi connectivity index (χ1n) is 6.40. The fourth-order valence-electron chi connectivity index (χ4n) is 2.43. The summed E-state index contributed by atoms with van der Waals surface area (Å²) in [5.74, 6) is 0.573. The first-order chi connectivity index (χ1) is 8.26. The Hall–Kier alpha value is -1.28. The molecule has 1 aromatic carbocycles. The smallest absolute Gasteiger partial charge is 0.133 e. The third-order valence-corrected chi connectivity index (χ3v) is 3.56. The van der Waals surface area contributed by atoms with E-state index in [1.54, 1.807) is 6.26 Å². The number of benzene rings is 1. The zero-order valence-corrected chi connectivity index (χ0v) is 10.9. The summed E-state index contributed by atoms with van der Waals surface area (Å²) in [5.41, 5.74) is 2.38. The van der Waals surface area contributed by atoms with Crippen LogP contribution in [0.2, 0.25) is 0 Å². The minimum Gasteiger partial charge on any atom is -0.464 e. The second kappa shape index (κ2) is 5.37. The van der Waals surface area contributed by atoms with Gasteiger partial charge >= 0.3 is 0 Å². The maximum absolute atomic E-state index is 5.38. The van der Waals surface area contributed by atoms with Gasteiger partial charge in [-0.3, -0.25) is 0 Å². The molecule has 0 saturated heterocycles. The van der Waals surface area contributed by atoms with Crippen molar-refractivity contribution in [2.75, 3.05) is 7.05 Å². The normalized spacial score (nSPS) is 15.0. The SMILES string of the molecule is CCCC(c1ccc2occc2c1)C(C)NC.